The molecule has 3 aromatic carbocycles. The van der Waals surface area contributed by atoms with Crippen LogP contribution in [0.2, 0.25) is 0 Å². The zero-order valence-corrected chi connectivity index (χ0v) is 20.4. The molecule has 2 heterocycles. The Hall–Kier alpha value is -3.61. The number of carbonyl (C=O) groups is 1. The molecule has 0 spiro atoms. The lowest BCUT2D eigenvalue weighted by Gasteiger charge is -2.08. The Morgan fingerprint density at radius 2 is 1.53 bits per heavy atom. The zero-order chi connectivity index (χ0) is 23.5. The summed E-state index contributed by atoms with van der Waals surface area (Å²) in [6.45, 7) is 0.509. The average molecular weight is 487 g/mol. The molecule has 0 fully saturated rings. The van der Waals surface area contributed by atoms with Crippen molar-refractivity contribution in [1.29, 1.82) is 0 Å². The smallest absolute Gasteiger partial charge is 0.195 e. The van der Waals surface area contributed by atoms with Gasteiger partial charge in [-0.2, -0.15) is 11.3 Å². The van der Waals surface area contributed by atoms with Gasteiger partial charge in [-0.15, -0.1) is 11.3 Å². The van der Waals surface area contributed by atoms with Gasteiger partial charge in [0.25, 0.3) is 0 Å². The average Bonchev–Trinajstić information content (AvgIpc) is 3.55. The van der Waals surface area contributed by atoms with E-state index in [-0.39, 0.29) is 5.78 Å². The fourth-order valence-corrected chi connectivity index (χ4v) is 5.65. The molecule has 170 valence electrons. The van der Waals surface area contributed by atoms with E-state index in [4.69, 9.17) is 14.2 Å². The van der Waals surface area contributed by atoms with Crippen LogP contribution >= 0.6 is 22.7 Å². The molecule has 0 N–H and O–H groups in total. The van der Waals surface area contributed by atoms with E-state index in [2.05, 4.69) is 5.38 Å². The standard InChI is InChI=1S/C28H22O4S2/c1-30-21-7-5-20(6-8-21)28-26(24-12-11-23(31-2)15-25(24)34-28)27(29)19-3-9-22(10-4-19)32-16-18-13-14-33-17-18/h3-15,17H,16H2,1-2H3. The lowest BCUT2D eigenvalue weighted by Crippen LogP contribution is -2.02. The van der Waals surface area contributed by atoms with E-state index in [1.54, 1.807) is 36.9 Å². The van der Waals surface area contributed by atoms with Gasteiger partial charge in [-0.1, -0.05) is 0 Å². The largest absolute Gasteiger partial charge is 0.497 e. The van der Waals surface area contributed by atoms with Crippen molar-refractivity contribution in [1.82, 2.24) is 0 Å². The fraction of sp³-hybridized carbons (Fsp3) is 0.107. The Morgan fingerprint density at radius 1 is 0.824 bits per heavy atom. The number of carbonyl (C=O) groups excluding carboxylic acids is 1. The maximum absolute atomic E-state index is 13.8. The maximum Gasteiger partial charge on any atom is 0.195 e. The maximum atomic E-state index is 13.8. The lowest BCUT2D eigenvalue weighted by molar-refractivity contribution is 0.104. The number of hydrogen-bond donors (Lipinski definition) is 0. The summed E-state index contributed by atoms with van der Waals surface area (Å²) < 4.78 is 17.6. The molecule has 5 rings (SSSR count). The molecule has 0 aliphatic heterocycles. The third kappa shape index (κ3) is 4.42. The summed E-state index contributed by atoms with van der Waals surface area (Å²) in [5.74, 6) is 2.25. The molecule has 34 heavy (non-hydrogen) atoms. The van der Waals surface area contributed by atoms with E-state index in [9.17, 15) is 4.79 Å². The predicted molar refractivity (Wildman–Crippen MR) is 139 cm³/mol. The highest BCUT2D eigenvalue weighted by atomic mass is 32.1. The van der Waals surface area contributed by atoms with Crippen molar-refractivity contribution in [3.05, 3.63) is 100 Å². The van der Waals surface area contributed by atoms with E-state index < -0.39 is 0 Å². The van der Waals surface area contributed by atoms with Gasteiger partial charge in [-0.25, -0.2) is 0 Å². The number of ketones is 1. The van der Waals surface area contributed by atoms with Crippen molar-refractivity contribution in [3.63, 3.8) is 0 Å². The minimum atomic E-state index is -0.0216. The van der Waals surface area contributed by atoms with Gasteiger partial charge >= 0.3 is 0 Å². The van der Waals surface area contributed by atoms with E-state index in [1.807, 2.05) is 78.2 Å². The van der Waals surface area contributed by atoms with Gasteiger partial charge in [0.1, 0.15) is 23.9 Å². The number of hydrogen-bond acceptors (Lipinski definition) is 6. The second-order valence-electron chi connectivity index (χ2n) is 7.67. The summed E-state index contributed by atoms with van der Waals surface area (Å²) in [7, 11) is 3.29. The normalized spacial score (nSPS) is 10.9. The first-order valence-corrected chi connectivity index (χ1v) is 12.5. The number of benzene rings is 3. The molecule has 0 unspecified atom stereocenters. The SMILES string of the molecule is COc1ccc(-c2sc3cc(OC)ccc3c2C(=O)c2ccc(OCc3ccsc3)cc2)cc1. The number of methoxy groups -OCH3 is 2. The predicted octanol–water partition coefficient (Wildman–Crippen LogP) is 7.46. The van der Waals surface area contributed by atoms with Gasteiger partial charge in [0, 0.05) is 26.1 Å². The van der Waals surface area contributed by atoms with Crippen LogP contribution in [0.1, 0.15) is 21.5 Å². The molecule has 5 aromatic rings. The van der Waals surface area contributed by atoms with Crippen LogP contribution in [0.4, 0.5) is 0 Å². The lowest BCUT2D eigenvalue weighted by atomic mass is 9.97. The van der Waals surface area contributed by atoms with Crippen LogP contribution in [-0.2, 0) is 6.61 Å². The van der Waals surface area contributed by atoms with E-state index in [0.29, 0.717) is 17.7 Å². The summed E-state index contributed by atoms with van der Waals surface area (Å²) >= 11 is 3.23. The number of rotatable bonds is 8. The van der Waals surface area contributed by atoms with Gasteiger partial charge in [0.2, 0.25) is 0 Å². The van der Waals surface area contributed by atoms with Crippen molar-refractivity contribution in [2.75, 3.05) is 14.2 Å². The summed E-state index contributed by atoms with van der Waals surface area (Å²) in [4.78, 5) is 14.7. The van der Waals surface area contributed by atoms with Crippen molar-refractivity contribution in [2.24, 2.45) is 0 Å². The Labute approximate surface area is 206 Å². The zero-order valence-electron chi connectivity index (χ0n) is 18.7. The van der Waals surface area contributed by atoms with Crippen LogP contribution in [0.15, 0.2) is 83.6 Å². The number of fused-ring (bicyclic) bond motifs is 1. The first-order valence-electron chi connectivity index (χ1n) is 10.7. The Kier molecular flexibility index (Phi) is 6.34. The fourth-order valence-electron chi connectivity index (χ4n) is 3.76. The highest BCUT2D eigenvalue weighted by molar-refractivity contribution is 7.22. The van der Waals surface area contributed by atoms with Crippen molar-refractivity contribution >= 4 is 38.5 Å². The monoisotopic (exact) mass is 486 g/mol. The molecule has 2 aromatic heterocycles. The third-order valence-electron chi connectivity index (χ3n) is 5.58. The van der Waals surface area contributed by atoms with Gasteiger partial charge in [0.05, 0.1) is 14.2 Å². The van der Waals surface area contributed by atoms with Crippen molar-refractivity contribution in [3.8, 4) is 27.7 Å². The van der Waals surface area contributed by atoms with Gasteiger partial charge in [-0.3, -0.25) is 4.79 Å². The van der Waals surface area contributed by atoms with Crippen LogP contribution < -0.4 is 14.2 Å². The summed E-state index contributed by atoms with van der Waals surface area (Å²) in [5.41, 5.74) is 3.42. The highest BCUT2D eigenvalue weighted by Crippen LogP contribution is 2.41. The second-order valence-corrected chi connectivity index (χ2v) is 9.50. The highest BCUT2D eigenvalue weighted by Gasteiger charge is 2.22. The molecule has 4 nitrogen and oxygen atoms in total. The van der Waals surface area contributed by atoms with Crippen LogP contribution in [0.5, 0.6) is 17.2 Å². The molecule has 0 bridgehead atoms. The van der Waals surface area contributed by atoms with Gasteiger partial charge in [0.15, 0.2) is 5.78 Å². The molecule has 0 radical (unpaired) electrons. The summed E-state index contributed by atoms with van der Waals surface area (Å²) in [6.07, 6.45) is 0. The molecular formula is C28H22O4S2. The summed E-state index contributed by atoms with van der Waals surface area (Å²) in [5, 5.41) is 5.01. The minimum Gasteiger partial charge on any atom is -0.497 e. The van der Waals surface area contributed by atoms with E-state index in [1.165, 1.54) is 0 Å². The van der Waals surface area contributed by atoms with E-state index >= 15 is 0 Å². The molecular weight excluding hydrogens is 464 g/mol. The Balaban J connectivity index is 1.51. The first kappa shape index (κ1) is 22.2. The number of ether oxygens (including phenoxy) is 3. The van der Waals surface area contributed by atoms with Crippen LogP contribution in [0, 0.1) is 0 Å². The number of thiophene rings is 2. The first-order chi connectivity index (χ1) is 16.7. The molecule has 0 atom stereocenters. The van der Waals surface area contributed by atoms with Crippen molar-refractivity contribution < 1.29 is 19.0 Å². The van der Waals surface area contributed by atoms with Crippen LogP contribution in [0.3, 0.4) is 0 Å². The minimum absolute atomic E-state index is 0.0216. The Morgan fingerprint density at radius 3 is 2.21 bits per heavy atom. The molecule has 0 amide bonds. The molecule has 0 saturated carbocycles. The second kappa shape index (κ2) is 9.71. The topological polar surface area (TPSA) is 44.8 Å². The van der Waals surface area contributed by atoms with Gasteiger partial charge in [-0.05, 0) is 94.7 Å². The van der Waals surface area contributed by atoms with Crippen LogP contribution in [0.25, 0.3) is 20.5 Å². The van der Waals surface area contributed by atoms with E-state index in [0.717, 1.165) is 43.3 Å². The molecule has 0 saturated heterocycles. The van der Waals surface area contributed by atoms with Gasteiger partial charge < -0.3 is 14.2 Å². The van der Waals surface area contributed by atoms with Crippen molar-refractivity contribution in [2.45, 2.75) is 6.61 Å². The molecule has 0 aliphatic carbocycles. The quantitative estimate of drug-likeness (QED) is 0.214. The third-order valence-corrected chi connectivity index (χ3v) is 7.51. The molecule has 6 heteroatoms. The van der Waals surface area contributed by atoms with Crippen LogP contribution in [-0.4, -0.2) is 20.0 Å². The molecule has 0 aliphatic rings. The Bertz CT molecular complexity index is 1420. The summed E-state index contributed by atoms with van der Waals surface area (Å²) in [6, 6.07) is 23.0.